The topological polar surface area (TPSA) is 72.7 Å². The maximum absolute atomic E-state index is 13.1. The lowest BCUT2D eigenvalue weighted by atomic mass is 10.2. The molecule has 0 radical (unpaired) electrons. The number of benzene rings is 1. The molecule has 4 rings (SSSR count). The zero-order chi connectivity index (χ0) is 17.2. The van der Waals surface area contributed by atoms with Crippen LogP contribution in [0.4, 0.5) is 4.39 Å². The molecular weight excluding hydrogens is 341 g/mol. The number of nitrogens with zero attached hydrogens (tertiary/aromatic N) is 4. The summed E-state index contributed by atoms with van der Waals surface area (Å²) < 4.78 is 14.8. The van der Waals surface area contributed by atoms with Crippen LogP contribution in [0, 0.1) is 5.82 Å². The first-order valence-electron chi connectivity index (χ1n) is 8.11. The lowest BCUT2D eigenvalue weighted by Gasteiger charge is -2.12. The van der Waals surface area contributed by atoms with E-state index >= 15 is 0 Å². The van der Waals surface area contributed by atoms with Crippen molar-refractivity contribution in [2.75, 3.05) is 6.54 Å². The summed E-state index contributed by atoms with van der Waals surface area (Å²) in [5.41, 5.74) is 1.36. The summed E-state index contributed by atoms with van der Waals surface area (Å²) in [6.07, 6.45) is 6.01. The first-order chi connectivity index (χ1) is 12.2. The number of thioether (sulfide) groups is 1. The zero-order valence-electron chi connectivity index (χ0n) is 13.4. The second-order valence-electron chi connectivity index (χ2n) is 5.84. The van der Waals surface area contributed by atoms with Gasteiger partial charge in [-0.05, 0) is 37.1 Å². The SMILES string of the molecule is O=C1NCCCCC1Sc1ncnc2c1cnn2-c1ccc(F)cc1. The number of amides is 1. The fraction of sp³-hybridized carbons (Fsp3) is 0.294. The number of rotatable bonds is 3. The third-order valence-electron chi connectivity index (χ3n) is 4.14. The number of hydrogen-bond acceptors (Lipinski definition) is 5. The summed E-state index contributed by atoms with van der Waals surface area (Å²) in [5, 5.41) is 8.67. The first kappa shape index (κ1) is 16.0. The van der Waals surface area contributed by atoms with E-state index in [2.05, 4.69) is 20.4 Å². The smallest absolute Gasteiger partial charge is 0.233 e. The number of nitrogens with one attached hydrogen (secondary N) is 1. The van der Waals surface area contributed by atoms with Gasteiger partial charge in [-0.3, -0.25) is 4.79 Å². The Balaban J connectivity index is 1.69. The van der Waals surface area contributed by atoms with Crippen molar-refractivity contribution in [3.8, 4) is 5.69 Å². The van der Waals surface area contributed by atoms with Crippen LogP contribution in [0.1, 0.15) is 19.3 Å². The molecule has 25 heavy (non-hydrogen) atoms. The Morgan fingerprint density at radius 2 is 2.04 bits per heavy atom. The fourth-order valence-corrected chi connectivity index (χ4v) is 3.97. The first-order valence-corrected chi connectivity index (χ1v) is 8.99. The van der Waals surface area contributed by atoms with Crippen molar-refractivity contribution in [2.24, 2.45) is 0 Å². The van der Waals surface area contributed by atoms with Crippen LogP contribution < -0.4 is 5.32 Å². The molecule has 0 spiro atoms. The summed E-state index contributed by atoms with van der Waals surface area (Å²) in [4.78, 5) is 20.8. The highest BCUT2D eigenvalue weighted by Gasteiger charge is 2.24. The zero-order valence-corrected chi connectivity index (χ0v) is 14.2. The molecule has 1 aliphatic rings. The second-order valence-corrected chi connectivity index (χ2v) is 7.03. The van der Waals surface area contributed by atoms with Gasteiger partial charge in [0, 0.05) is 6.54 Å². The van der Waals surface area contributed by atoms with Gasteiger partial charge in [0.25, 0.3) is 0 Å². The Bertz CT molecular complexity index is 911. The van der Waals surface area contributed by atoms with Crippen LogP contribution in [-0.2, 0) is 4.79 Å². The van der Waals surface area contributed by atoms with E-state index < -0.39 is 0 Å². The van der Waals surface area contributed by atoms with Crippen LogP contribution in [0.5, 0.6) is 0 Å². The molecule has 1 unspecified atom stereocenters. The summed E-state index contributed by atoms with van der Waals surface area (Å²) in [5.74, 6) is -0.245. The van der Waals surface area contributed by atoms with Gasteiger partial charge in [0.05, 0.1) is 22.5 Å². The van der Waals surface area contributed by atoms with Crippen molar-refractivity contribution >= 4 is 28.7 Å². The Hall–Kier alpha value is -2.48. The molecule has 128 valence electrons. The maximum Gasteiger partial charge on any atom is 0.233 e. The highest BCUT2D eigenvalue weighted by Crippen LogP contribution is 2.31. The molecule has 1 saturated heterocycles. The molecule has 1 aliphatic heterocycles. The van der Waals surface area contributed by atoms with Crippen LogP contribution in [0.25, 0.3) is 16.7 Å². The number of carbonyl (C=O) groups excluding carboxylic acids is 1. The molecule has 0 aliphatic carbocycles. The van der Waals surface area contributed by atoms with E-state index in [0.717, 1.165) is 41.9 Å². The third-order valence-corrected chi connectivity index (χ3v) is 5.42. The number of aromatic nitrogens is 4. The summed E-state index contributed by atoms with van der Waals surface area (Å²) >= 11 is 1.45. The normalized spacial score (nSPS) is 18.1. The van der Waals surface area contributed by atoms with Crippen molar-refractivity contribution in [3.05, 3.63) is 42.6 Å². The number of hydrogen-bond donors (Lipinski definition) is 1. The van der Waals surface area contributed by atoms with E-state index in [1.54, 1.807) is 23.0 Å². The number of fused-ring (bicyclic) bond motifs is 1. The molecule has 2 aromatic heterocycles. The Morgan fingerprint density at radius 3 is 2.88 bits per heavy atom. The number of carbonyl (C=O) groups is 1. The van der Waals surface area contributed by atoms with Gasteiger partial charge in [0.15, 0.2) is 5.65 Å². The van der Waals surface area contributed by atoms with Crippen molar-refractivity contribution in [1.82, 2.24) is 25.1 Å². The Morgan fingerprint density at radius 1 is 1.20 bits per heavy atom. The number of halogens is 1. The Labute approximate surface area is 147 Å². The molecule has 0 saturated carbocycles. The van der Waals surface area contributed by atoms with Crippen LogP contribution in [0.3, 0.4) is 0 Å². The molecule has 3 heterocycles. The molecule has 3 aromatic rings. The van der Waals surface area contributed by atoms with Crippen molar-refractivity contribution < 1.29 is 9.18 Å². The maximum atomic E-state index is 13.1. The van der Waals surface area contributed by atoms with Gasteiger partial charge in [0.2, 0.25) is 5.91 Å². The van der Waals surface area contributed by atoms with Gasteiger partial charge < -0.3 is 5.32 Å². The van der Waals surface area contributed by atoms with Crippen molar-refractivity contribution in [2.45, 2.75) is 29.5 Å². The van der Waals surface area contributed by atoms with Gasteiger partial charge >= 0.3 is 0 Å². The average Bonchev–Trinajstić information content (AvgIpc) is 2.96. The molecule has 1 atom stereocenters. The molecule has 1 N–H and O–H groups in total. The molecule has 6 nitrogen and oxygen atoms in total. The van der Waals surface area contributed by atoms with Crippen LogP contribution in [0.15, 0.2) is 41.8 Å². The van der Waals surface area contributed by atoms with Gasteiger partial charge in [-0.15, -0.1) is 0 Å². The minimum Gasteiger partial charge on any atom is -0.355 e. The van der Waals surface area contributed by atoms with E-state index in [1.165, 1.54) is 30.2 Å². The predicted molar refractivity (Wildman–Crippen MR) is 93.1 cm³/mol. The second kappa shape index (κ2) is 6.79. The van der Waals surface area contributed by atoms with Crippen molar-refractivity contribution in [3.63, 3.8) is 0 Å². The molecule has 1 aromatic carbocycles. The largest absolute Gasteiger partial charge is 0.355 e. The fourth-order valence-electron chi connectivity index (χ4n) is 2.85. The van der Waals surface area contributed by atoms with Gasteiger partial charge in [-0.2, -0.15) is 5.10 Å². The third kappa shape index (κ3) is 3.21. The van der Waals surface area contributed by atoms with Crippen molar-refractivity contribution in [1.29, 1.82) is 0 Å². The van der Waals surface area contributed by atoms with E-state index in [4.69, 9.17) is 0 Å². The lowest BCUT2D eigenvalue weighted by Crippen LogP contribution is -2.30. The molecule has 8 heteroatoms. The summed E-state index contributed by atoms with van der Waals surface area (Å²) in [6, 6.07) is 6.07. The Kier molecular flexibility index (Phi) is 4.35. The molecule has 0 bridgehead atoms. The molecular formula is C17H16FN5OS. The highest BCUT2D eigenvalue weighted by molar-refractivity contribution is 8.00. The van der Waals surface area contributed by atoms with Crippen LogP contribution in [-0.4, -0.2) is 37.5 Å². The van der Waals surface area contributed by atoms with Gasteiger partial charge in [-0.1, -0.05) is 18.2 Å². The molecule has 1 amide bonds. The quantitative estimate of drug-likeness (QED) is 0.730. The van der Waals surface area contributed by atoms with Crippen LogP contribution in [0.2, 0.25) is 0 Å². The average molecular weight is 357 g/mol. The van der Waals surface area contributed by atoms with E-state index in [-0.39, 0.29) is 17.0 Å². The highest BCUT2D eigenvalue weighted by atomic mass is 32.2. The van der Waals surface area contributed by atoms with Crippen LogP contribution >= 0.6 is 11.8 Å². The van der Waals surface area contributed by atoms with Gasteiger partial charge in [-0.25, -0.2) is 19.0 Å². The monoisotopic (exact) mass is 357 g/mol. The molecule has 1 fully saturated rings. The summed E-state index contributed by atoms with van der Waals surface area (Å²) in [7, 11) is 0. The minimum absolute atomic E-state index is 0.0557. The standard InChI is InChI=1S/C17H16FN5OS/c18-11-4-6-12(7-5-11)23-15-13(9-22-23)17(21-10-20-15)25-14-3-1-2-8-19-16(14)24/h4-7,9-10,14H,1-3,8H2,(H,19,24). The lowest BCUT2D eigenvalue weighted by molar-refractivity contribution is -0.120. The minimum atomic E-state index is -0.301. The van der Waals surface area contributed by atoms with E-state index in [0.29, 0.717) is 5.65 Å². The predicted octanol–water partition coefficient (Wildman–Crippen LogP) is 2.72. The van der Waals surface area contributed by atoms with E-state index in [9.17, 15) is 9.18 Å². The van der Waals surface area contributed by atoms with Gasteiger partial charge in [0.1, 0.15) is 17.2 Å². The van der Waals surface area contributed by atoms with E-state index in [1.807, 2.05) is 0 Å². The summed E-state index contributed by atoms with van der Waals surface area (Å²) in [6.45, 7) is 0.734.